The van der Waals surface area contributed by atoms with E-state index in [0.29, 0.717) is 30.0 Å². The summed E-state index contributed by atoms with van der Waals surface area (Å²) in [5.41, 5.74) is 0.0712. The molecule has 4 rings (SSSR count). The van der Waals surface area contributed by atoms with Crippen LogP contribution >= 0.6 is 11.6 Å². The van der Waals surface area contributed by atoms with Gasteiger partial charge in [0.1, 0.15) is 17.7 Å². The summed E-state index contributed by atoms with van der Waals surface area (Å²) in [4.78, 5) is 57.0. The number of aliphatic hydroxyl groups is 1. The number of carbonyl (C=O) groups is 4. The zero-order valence-corrected chi connectivity index (χ0v) is 25.0. The van der Waals surface area contributed by atoms with Crippen LogP contribution in [-0.2, 0) is 28.7 Å². The summed E-state index contributed by atoms with van der Waals surface area (Å²) in [6.07, 6.45) is 4.03. The van der Waals surface area contributed by atoms with Crippen LogP contribution in [0.3, 0.4) is 0 Å². The van der Waals surface area contributed by atoms with Crippen LogP contribution in [-0.4, -0.2) is 83.8 Å². The van der Waals surface area contributed by atoms with Crippen molar-refractivity contribution < 1.29 is 33.8 Å². The highest BCUT2D eigenvalue weighted by Gasteiger charge is 2.75. The maximum atomic E-state index is 14.5. The van der Waals surface area contributed by atoms with E-state index in [4.69, 9.17) is 21.1 Å². The van der Waals surface area contributed by atoms with E-state index >= 15 is 0 Å². The molecule has 0 saturated carbocycles. The Balaban J connectivity index is 1.62. The largest absolute Gasteiger partial charge is 0.460 e. The second kappa shape index (κ2) is 13.4. The predicted molar refractivity (Wildman–Crippen MR) is 158 cm³/mol. The first kappa shape index (κ1) is 31.7. The van der Waals surface area contributed by atoms with Crippen molar-refractivity contribution >= 4 is 41.0 Å². The Hall–Kier alpha value is -3.21. The number of amides is 3. The minimum absolute atomic E-state index is 0.121. The Morgan fingerprint density at radius 2 is 2.10 bits per heavy atom. The number of fused-ring (bicyclic) bond motifs is 1. The smallest absolute Gasteiger partial charge is 0.312 e. The maximum absolute atomic E-state index is 14.5. The van der Waals surface area contributed by atoms with Gasteiger partial charge in [-0.2, -0.15) is 0 Å². The zero-order chi connectivity index (χ0) is 30.6. The Morgan fingerprint density at radius 3 is 2.76 bits per heavy atom. The van der Waals surface area contributed by atoms with Crippen molar-refractivity contribution in [2.24, 2.45) is 11.8 Å². The number of hydrogen-bond donors (Lipinski definition) is 2. The number of allylic oxidation sites excluding steroid dienone is 1. The third-order valence-corrected chi connectivity index (χ3v) is 8.68. The Bertz CT molecular complexity index is 1220. The van der Waals surface area contributed by atoms with Crippen molar-refractivity contribution in [1.29, 1.82) is 0 Å². The fraction of sp³-hybridized carbons (Fsp3) is 0.548. The number of ether oxygens (including phenoxy) is 2. The summed E-state index contributed by atoms with van der Waals surface area (Å²) in [6, 6.07) is 4.32. The van der Waals surface area contributed by atoms with E-state index in [9.17, 15) is 24.3 Å². The third-order valence-electron chi connectivity index (χ3n) is 8.38. The molecule has 3 aliphatic rings. The molecule has 0 unspecified atom stereocenters. The summed E-state index contributed by atoms with van der Waals surface area (Å²) in [5, 5.41) is 12.7. The summed E-state index contributed by atoms with van der Waals surface area (Å²) in [6.45, 7) is 11.2. The van der Waals surface area contributed by atoms with E-state index in [2.05, 4.69) is 18.5 Å². The molecular weight excluding hydrogens is 562 g/mol. The van der Waals surface area contributed by atoms with Crippen molar-refractivity contribution in [2.45, 2.75) is 69.8 Å². The van der Waals surface area contributed by atoms with E-state index in [-0.39, 0.29) is 56.8 Å². The summed E-state index contributed by atoms with van der Waals surface area (Å²) >= 11 is 6.57. The normalized spacial score (nSPS) is 26.5. The second-order valence-corrected chi connectivity index (χ2v) is 11.6. The number of carbonyl (C=O) groups excluding carboxylic acids is 4. The van der Waals surface area contributed by atoms with Crippen LogP contribution in [0.1, 0.15) is 44.6 Å². The van der Waals surface area contributed by atoms with Gasteiger partial charge >= 0.3 is 5.97 Å². The van der Waals surface area contributed by atoms with Gasteiger partial charge in [-0.1, -0.05) is 35.9 Å². The minimum atomic E-state index is -1.23. The molecule has 3 fully saturated rings. The summed E-state index contributed by atoms with van der Waals surface area (Å²) in [5.74, 6) is -3.33. The summed E-state index contributed by atoms with van der Waals surface area (Å²) in [7, 11) is 0. The number of nitrogens with zero attached hydrogens (tertiary/aromatic N) is 2. The molecule has 3 aliphatic heterocycles. The van der Waals surface area contributed by atoms with Gasteiger partial charge in [-0.15, -0.1) is 13.2 Å². The SMILES string of the molecule is C=CCCC(=O)NC[C@@H](C)OC(=O)[C@@H]1[C@H]2C(=O)N(CCCO)[C@H](C(=O)N(CC=C)c3c(C)cccc3Cl)[C@]23CC[C@H]1O3. The first-order chi connectivity index (χ1) is 20.1. The van der Waals surface area contributed by atoms with E-state index in [0.717, 1.165) is 5.56 Å². The first-order valence-corrected chi connectivity index (χ1v) is 14.8. The lowest BCUT2D eigenvalue weighted by Crippen LogP contribution is -2.56. The van der Waals surface area contributed by atoms with Gasteiger partial charge in [0.25, 0.3) is 5.91 Å². The molecule has 1 aromatic carbocycles. The first-order valence-electron chi connectivity index (χ1n) is 14.5. The number of para-hydroxylation sites is 1. The van der Waals surface area contributed by atoms with Crippen LogP contribution < -0.4 is 10.2 Å². The van der Waals surface area contributed by atoms with E-state index < -0.39 is 41.7 Å². The summed E-state index contributed by atoms with van der Waals surface area (Å²) < 4.78 is 12.2. The molecule has 42 heavy (non-hydrogen) atoms. The van der Waals surface area contributed by atoms with Crippen molar-refractivity contribution in [3.05, 3.63) is 54.1 Å². The van der Waals surface area contributed by atoms with Gasteiger partial charge in [0.2, 0.25) is 11.8 Å². The van der Waals surface area contributed by atoms with Crippen molar-refractivity contribution in [3.8, 4) is 0 Å². The Kier molecular flexibility index (Phi) is 10.1. The molecule has 2 bridgehead atoms. The van der Waals surface area contributed by atoms with Gasteiger partial charge in [0.15, 0.2) is 0 Å². The molecule has 3 amide bonds. The van der Waals surface area contributed by atoms with Crippen LogP contribution in [0.5, 0.6) is 0 Å². The van der Waals surface area contributed by atoms with Gasteiger partial charge in [0, 0.05) is 26.1 Å². The van der Waals surface area contributed by atoms with E-state index in [1.165, 1.54) is 9.80 Å². The molecule has 10 nitrogen and oxygen atoms in total. The lowest BCUT2D eigenvalue weighted by Gasteiger charge is -2.37. The third kappa shape index (κ3) is 5.85. The lowest BCUT2D eigenvalue weighted by atomic mass is 9.70. The minimum Gasteiger partial charge on any atom is -0.460 e. The number of aliphatic hydroxyl groups excluding tert-OH is 1. The average Bonchev–Trinajstić information content (AvgIpc) is 3.60. The van der Waals surface area contributed by atoms with Crippen molar-refractivity contribution in [2.75, 3.05) is 31.1 Å². The molecule has 0 radical (unpaired) electrons. The number of aryl methyl sites for hydroxylation is 1. The quantitative estimate of drug-likeness (QED) is 0.248. The number of hydrogen-bond acceptors (Lipinski definition) is 7. The molecule has 2 N–H and O–H groups in total. The number of halogens is 1. The fourth-order valence-corrected chi connectivity index (χ4v) is 6.94. The molecule has 11 heteroatoms. The molecule has 3 heterocycles. The highest BCUT2D eigenvalue weighted by molar-refractivity contribution is 6.34. The van der Waals surface area contributed by atoms with E-state index in [1.54, 1.807) is 31.2 Å². The van der Waals surface area contributed by atoms with Crippen molar-refractivity contribution in [1.82, 2.24) is 10.2 Å². The number of esters is 1. The van der Waals surface area contributed by atoms with Gasteiger partial charge in [-0.05, 0) is 51.2 Å². The van der Waals surface area contributed by atoms with Gasteiger partial charge in [0.05, 0.1) is 35.2 Å². The topological polar surface area (TPSA) is 125 Å². The highest BCUT2D eigenvalue weighted by atomic mass is 35.5. The second-order valence-electron chi connectivity index (χ2n) is 11.2. The number of likely N-dealkylation sites (tertiary alicyclic amines) is 1. The van der Waals surface area contributed by atoms with Gasteiger partial charge < -0.3 is 29.7 Å². The Morgan fingerprint density at radius 1 is 1.33 bits per heavy atom. The molecule has 228 valence electrons. The fourth-order valence-electron chi connectivity index (χ4n) is 6.61. The van der Waals surface area contributed by atoms with Crippen LogP contribution in [0, 0.1) is 18.8 Å². The van der Waals surface area contributed by atoms with E-state index in [1.807, 2.05) is 13.0 Å². The standard InChI is InChI=1S/C31H40ClN3O7/c1-5-7-12-23(37)33-18-20(4)41-30(40)24-22-13-14-31(42-22)25(24)28(38)35(16-9-17-36)27(31)29(39)34(15-6-2)26-19(3)10-8-11-21(26)32/h5-6,8,10-11,20,22,24-25,27,36H,1-2,7,9,12-18H2,3-4H3,(H,33,37)/t20-,22-,24+,25+,27-,31+/m1/s1. The van der Waals surface area contributed by atoms with Crippen LogP contribution in [0.2, 0.25) is 5.02 Å². The molecule has 3 saturated heterocycles. The molecule has 6 atom stereocenters. The number of anilines is 1. The molecule has 1 spiro atoms. The van der Waals surface area contributed by atoms with Crippen LogP contribution in [0.25, 0.3) is 0 Å². The number of rotatable bonds is 14. The van der Waals surface area contributed by atoms with Gasteiger partial charge in [-0.3, -0.25) is 19.2 Å². The lowest BCUT2D eigenvalue weighted by molar-refractivity contribution is -0.159. The average molecular weight is 602 g/mol. The highest BCUT2D eigenvalue weighted by Crippen LogP contribution is 2.59. The molecule has 0 aromatic heterocycles. The maximum Gasteiger partial charge on any atom is 0.312 e. The van der Waals surface area contributed by atoms with Crippen LogP contribution in [0.4, 0.5) is 5.69 Å². The zero-order valence-electron chi connectivity index (χ0n) is 24.2. The molecule has 1 aromatic rings. The van der Waals surface area contributed by atoms with Gasteiger partial charge in [-0.25, -0.2) is 0 Å². The van der Waals surface area contributed by atoms with Crippen molar-refractivity contribution in [3.63, 3.8) is 0 Å². The molecule has 0 aliphatic carbocycles. The number of benzene rings is 1. The predicted octanol–water partition coefficient (Wildman–Crippen LogP) is 2.94. The van der Waals surface area contributed by atoms with Crippen LogP contribution in [0.15, 0.2) is 43.5 Å². The monoisotopic (exact) mass is 601 g/mol. The Labute approximate surface area is 251 Å². The molecular formula is C31H40ClN3O7. The number of nitrogens with one attached hydrogen (secondary N) is 1.